The van der Waals surface area contributed by atoms with Gasteiger partial charge in [0.05, 0.1) is 13.3 Å². The van der Waals surface area contributed by atoms with Crippen LogP contribution < -0.4 is 10.1 Å². The topological polar surface area (TPSA) is 68.5 Å². The number of amides is 1. The predicted molar refractivity (Wildman–Crippen MR) is 130 cm³/mol. The summed E-state index contributed by atoms with van der Waals surface area (Å²) >= 11 is 0. The monoisotopic (exact) mass is 442 g/mol. The smallest absolute Gasteiger partial charge is 0.257 e. The van der Waals surface area contributed by atoms with Crippen LogP contribution in [0.25, 0.3) is 5.65 Å². The number of aromatic nitrogens is 3. The molecule has 2 aromatic carbocycles. The van der Waals surface area contributed by atoms with Crippen LogP contribution >= 0.6 is 0 Å². The predicted octanol–water partition coefficient (Wildman–Crippen LogP) is 4.80. The summed E-state index contributed by atoms with van der Waals surface area (Å²) in [5.74, 6) is 0.597. The van der Waals surface area contributed by atoms with Crippen LogP contribution in [0.5, 0.6) is 5.75 Å². The van der Waals surface area contributed by atoms with E-state index in [2.05, 4.69) is 43.3 Å². The lowest BCUT2D eigenvalue weighted by Crippen LogP contribution is -2.23. The first-order valence-electron chi connectivity index (χ1n) is 11.1. The molecule has 2 aromatic heterocycles. The largest absolute Gasteiger partial charge is 0.497 e. The number of ether oxygens (including phenoxy) is 1. The molecule has 0 radical (unpaired) electrons. The average Bonchev–Trinajstić information content (AvgIpc) is 3.20. The van der Waals surface area contributed by atoms with Crippen LogP contribution in [0.2, 0.25) is 0 Å². The number of rotatable bonds is 6. The minimum Gasteiger partial charge on any atom is -0.497 e. The van der Waals surface area contributed by atoms with Crippen LogP contribution in [0.15, 0.2) is 42.6 Å². The van der Waals surface area contributed by atoms with E-state index in [4.69, 9.17) is 9.72 Å². The summed E-state index contributed by atoms with van der Waals surface area (Å²) in [7, 11) is 1.63. The SMILES string of the molecule is COc1ccc(CNC(=O)c2cnn3c(C)c(Cc4c(C)cc(C)cc4C)c(C)nc23)cc1. The van der Waals surface area contributed by atoms with E-state index >= 15 is 0 Å². The summed E-state index contributed by atoms with van der Waals surface area (Å²) in [5, 5.41) is 7.47. The molecule has 0 unspecified atom stereocenters. The van der Waals surface area contributed by atoms with Gasteiger partial charge in [-0.2, -0.15) is 5.10 Å². The molecule has 0 atom stereocenters. The van der Waals surface area contributed by atoms with Crippen LogP contribution in [0.4, 0.5) is 0 Å². The van der Waals surface area contributed by atoms with Gasteiger partial charge in [-0.25, -0.2) is 9.50 Å². The van der Waals surface area contributed by atoms with Crippen molar-refractivity contribution in [2.75, 3.05) is 7.11 Å². The molecule has 6 nitrogen and oxygen atoms in total. The van der Waals surface area contributed by atoms with Crippen molar-refractivity contribution in [1.29, 1.82) is 0 Å². The second kappa shape index (κ2) is 9.06. The van der Waals surface area contributed by atoms with Crippen LogP contribution in [0.3, 0.4) is 0 Å². The highest BCUT2D eigenvalue weighted by atomic mass is 16.5. The third kappa shape index (κ3) is 4.46. The fraction of sp³-hybridized carbons (Fsp3) is 0.296. The number of nitrogens with zero attached hydrogens (tertiary/aromatic N) is 3. The number of fused-ring (bicyclic) bond motifs is 1. The van der Waals surface area contributed by atoms with Crippen molar-refractivity contribution in [3.05, 3.63) is 92.9 Å². The fourth-order valence-corrected chi connectivity index (χ4v) is 4.41. The van der Waals surface area contributed by atoms with E-state index in [1.165, 1.54) is 22.3 Å². The minimum absolute atomic E-state index is 0.190. The molecule has 0 aliphatic carbocycles. The van der Waals surface area contributed by atoms with E-state index < -0.39 is 0 Å². The lowest BCUT2D eigenvalue weighted by Gasteiger charge is -2.15. The fourth-order valence-electron chi connectivity index (χ4n) is 4.41. The third-order valence-corrected chi connectivity index (χ3v) is 6.26. The van der Waals surface area contributed by atoms with E-state index in [9.17, 15) is 4.79 Å². The Labute approximate surface area is 194 Å². The van der Waals surface area contributed by atoms with Crippen molar-refractivity contribution in [2.24, 2.45) is 0 Å². The Morgan fingerprint density at radius 1 is 1.00 bits per heavy atom. The van der Waals surface area contributed by atoms with Gasteiger partial charge < -0.3 is 10.1 Å². The van der Waals surface area contributed by atoms with Gasteiger partial charge >= 0.3 is 0 Å². The first-order chi connectivity index (χ1) is 15.8. The maximum Gasteiger partial charge on any atom is 0.257 e. The number of hydrogen-bond donors (Lipinski definition) is 1. The Bertz CT molecular complexity index is 1310. The molecule has 0 saturated heterocycles. The molecule has 2 heterocycles. The molecule has 4 aromatic rings. The summed E-state index contributed by atoms with van der Waals surface area (Å²) in [6, 6.07) is 12.1. The Morgan fingerprint density at radius 2 is 1.67 bits per heavy atom. The quantitative estimate of drug-likeness (QED) is 0.466. The normalized spacial score (nSPS) is 11.1. The molecule has 170 valence electrons. The molecule has 1 amide bonds. The van der Waals surface area contributed by atoms with Crippen LogP contribution in [0.1, 0.15) is 55.1 Å². The van der Waals surface area contributed by atoms with Gasteiger partial charge in [-0.1, -0.05) is 29.8 Å². The van der Waals surface area contributed by atoms with Crippen molar-refractivity contribution in [3.8, 4) is 5.75 Å². The zero-order valence-electron chi connectivity index (χ0n) is 20.1. The Balaban J connectivity index is 1.60. The van der Waals surface area contributed by atoms with Crippen LogP contribution in [0, 0.1) is 34.6 Å². The molecule has 6 heteroatoms. The van der Waals surface area contributed by atoms with E-state index in [0.29, 0.717) is 17.8 Å². The van der Waals surface area contributed by atoms with Gasteiger partial charge in [0.2, 0.25) is 0 Å². The van der Waals surface area contributed by atoms with Crippen molar-refractivity contribution in [1.82, 2.24) is 19.9 Å². The van der Waals surface area contributed by atoms with E-state index in [0.717, 1.165) is 34.7 Å². The molecule has 0 fully saturated rings. The van der Waals surface area contributed by atoms with Crippen LogP contribution in [-0.4, -0.2) is 27.6 Å². The number of methoxy groups -OCH3 is 1. The Kier molecular flexibility index (Phi) is 6.18. The third-order valence-electron chi connectivity index (χ3n) is 6.26. The molecular weight excluding hydrogens is 412 g/mol. The second-order valence-electron chi connectivity index (χ2n) is 8.64. The van der Waals surface area contributed by atoms with E-state index in [1.807, 2.05) is 38.1 Å². The Morgan fingerprint density at radius 3 is 2.30 bits per heavy atom. The standard InChI is InChI=1S/C27H30N4O2/c1-16-11-17(2)23(18(3)12-16)13-24-19(4)30-26-25(15-29-31(26)20(24)5)27(32)28-14-21-7-9-22(33-6)10-8-21/h7-12,15H,13-14H2,1-6H3,(H,28,32). The van der Waals surface area contributed by atoms with E-state index in [-0.39, 0.29) is 5.91 Å². The average molecular weight is 443 g/mol. The van der Waals surface area contributed by atoms with Gasteiger partial charge in [0.25, 0.3) is 5.91 Å². The molecule has 1 N–H and O–H groups in total. The maximum absolute atomic E-state index is 12.9. The lowest BCUT2D eigenvalue weighted by molar-refractivity contribution is 0.0952. The molecule has 4 rings (SSSR count). The summed E-state index contributed by atoms with van der Waals surface area (Å²) in [5.41, 5.74) is 10.3. The zero-order chi connectivity index (χ0) is 23.7. The van der Waals surface area contributed by atoms with Crippen molar-refractivity contribution >= 4 is 11.6 Å². The number of carbonyl (C=O) groups is 1. The van der Waals surface area contributed by atoms with Gasteiger partial charge in [0.15, 0.2) is 5.65 Å². The van der Waals surface area contributed by atoms with Gasteiger partial charge in [-0.05, 0) is 74.6 Å². The Hall–Kier alpha value is -3.67. The van der Waals surface area contributed by atoms with Crippen molar-refractivity contribution in [2.45, 2.75) is 47.6 Å². The van der Waals surface area contributed by atoms with E-state index in [1.54, 1.807) is 17.8 Å². The molecule has 0 bridgehead atoms. The number of benzene rings is 2. The highest BCUT2D eigenvalue weighted by molar-refractivity contribution is 5.99. The maximum atomic E-state index is 12.9. The van der Waals surface area contributed by atoms with Gasteiger partial charge in [0, 0.05) is 24.4 Å². The number of hydrogen-bond acceptors (Lipinski definition) is 4. The molecule has 0 aliphatic rings. The second-order valence-corrected chi connectivity index (χ2v) is 8.64. The molecular formula is C27H30N4O2. The van der Waals surface area contributed by atoms with Crippen molar-refractivity contribution in [3.63, 3.8) is 0 Å². The van der Waals surface area contributed by atoms with Gasteiger partial charge in [-0.3, -0.25) is 4.79 Å². The summed E-state index contributed by atoms with van der Waals surface area (Å²) in [4.78, 5) is 17.7. The summed E-state index contributed by atoms with van der Waals surface area (Å²) in [6.45, 7) is 10.9. The summed E-state index contributed by atoms with van der Waals surface area (Å²) in [6.07, 6.45) is 2.39. The lowest BCUT2D eigenvalue weighted by atomic mass is 9.93. The van der Waals surface area contributed by atoms with Crippen molar-refractivity contribution < 1.29 is 9.53 Å². The zero-order valence-corrected chi connectivity index (χ0v) is 20.1. The number of carbonyl (C=O) groups excluding carboxylic acids is 1. The highest BCUT2D eigenvalue weighted by Crippen LogP contribution is 2.24. The molecule has 0 aliphatic heterocycles. The van der Waals surface area contributed by atoms with Gasteiger partial charge in [-0.15, -0.1) is 0 Å². The number of aryl methyl sites for hydroxylation is 5. The minimum atomic E-state index is -0.190. The van der Waals surface area contributed by atoms with Crippen LogP contribution in [-0.2, 0) is 13.0 Å². The number of nitrogens with one attached hydrogen (secondary N) is 1. The molecule has 0 spiro atoms. The highest BCUT2D eigenvalue weighted by Gasteiger charge is 2.19. The first-order valence-corrected chi connectivity index (χ1v) is 11.1. The molecule has 33 heavy (non-hydrogen) atoms. The summed E-state index contributed by atoms with van der Waals surface area (Å²) < 4.78 is 6.96. The molecule has 0 saturated carbocycles. The van der Waals surface area contributed by atoms with Gasteiger partial charge in [0.1, 0.15) is 11.3 Å². The first kappa shape index (κ1) is 22.5.